The molecule has 1 rings (SSSR count). The van der Waals surface area contributed by atoms with Gasteiger partial charge in [0, 0.05) is 14.0 Å². The number of hydrogen-bond acceptors (Lipinski definition) is 4. The van der Waals surface area contributed by atoms with Gasteiger partial charge < -0.3 is 20.5 Å². The second-order valence-electron chi connectivity index (χ2n) is 6.30. The molecule has 31 heavy (non-hydrogen) atoms. The highest BCUT2D eigenvalue weighted by Gasteiger charge is 2.52. The Morgan fingerprint density at radius 3 is 2.13 bits per heavy atom. The maximum absolute atomic E-state index is 13.1. The lowest BCUT2D eigenvalue weighted by Crippen LogP contribution is -2.48. The molecule has 0 heterocycles. The van der Waals surface area contributed by atoms with E-state index in [1.165, 1.54) is 0 Å². The van der Waals surface area contributed by atoms with Crippen molar-refractivity contribution in [2.24, 2.45) is 0 Å². The van der Waals surface area contributed by atoms with E-state index in [9.17, 15) is 27.2 Å². The van der Waals surface area contributed by atoms with Crippen molar-refractivity contribution in [2.45, 2.75) is 65.3 Å². The standard InChI is InChI=1S/C18H24F4N2O3.C2H6.CH4O/c1-4-13(10-27-14-8-6-5-7-12(14)2)24-16(26)9-15(25)23-11-18(21,22)17(3,19)20;2*1-2/h5-8,13H,4,9-11H2,1-3H3,(H,23,25)(H,24,26);1-2H3;2H,1H3/t13-;;/m1../s1. The molecule has 3 N–H and O–H groups in total. The second-order valence-corrected chi connectivity index (χ2v) is 6.30. The number of carbonyl (C=O) groups is 2. The highest BCUT2D eigenvalue weighted by atomic mass is 19.3. The fourth-order valence-electron chi connectivity index (χ4n) is 2.02. The van der Waals surface area contributed by atoms with Gasteiger partial charge in [-0.15, -0.1) is 0 Å². The molecule has 0 fully saturated rings. The SMILES string of the molecule is CC.CC[C@H](COc1ccccc1C)NC(=O)CC(=O)NCC(F)(F)C(C)(F)F.CO. The smallest absolute Gasteiger partial charge is 0.326 e. The molecule has 0 saturated carbocycles. The van der Waals surface area contributed by atoms with Gasteiger partial charge in [0.2, 0.25) is 11.8 Å². The second kappa shape index (κ2) is 15.4. The monoisotopic (exact) mass is 454 g/mol. The fraction of sp³-hybridized carbons (Fsp3) is 0.619. The minimum Gasteiger partial charge on any atom is -0.491 e. The van der Waals surface area contributed by atoms with Gasteiger partial charge >= 0.3 is 11.8 Å². The Labute approximate surface area is 181 Å². The number of nitrogens with one attached hydrogen (secondary N) is 2. The first-order chi connectivity index (χ1) is 14.5. The van der Waals surface area contributed by atoms with Gasteiger partial charge in [-0.3, -0.25) is 9.59 Å². The Kier molecular flexibility index (Phi) is 15.4. The van der Waals surface area contributed by atoms with Crippen LogP contribution in [0.5, 0.6) is 5.75 Å². The Morgan fingerprint density at radius 2 is 1.65 bits per heavy atom. The van der Waals surface area contributed by atoms with Gasteiger partial charge in [0.1, 0.15) is 18.8 Å². The lowest BCUT2D eigenvalue weighted by molar-refractivity contribution is -0.194. The average molecular weight is 455 g/mol. The van der Waals surface area contributed by atoms with E-state index in [1.54, 1.807) is 18.3 Å². The summed E-state index contributed by atoms with van der Waals surface area (Å²) >= 11 is 0. The highest BCUT2D eigenvalue weighted by Crippen LogP contribution is 2.32. The summed E-state index contributed by atoms with van der Waals surface area (Å²) in [6.07, 6.45) is -0.231. The van der Waals surface area contributed by atoms with Crippen molar-refractivity contribution in [1.29, 1.82) is 0 Å². The number of aliphatic hydroxyl groups excluding tert-OH is 1. The minimum absolute atomic E-state index is 0.0617. The lowest BCUT2D eigenvalue weighted by atomic mass is 10.2. The van der Waals surface area contributed by atoms with Gasteiger partial charge in [0.15, 0.2) is 0 Å². The first-order valence-corrected chi connectivity index (χ1v) is 9.91. The normalized spacial score (nSPS) is 11.7. The number of para-hydroxylation sites is 1. The number of rotatable bonds is 10. The van der Waals surface area contributed by atoms with Crippen LogP contribution in [-0.4, -0.2) is 55.1 Å². The van der Waals surface area contributed by atoms with Crippen LogP contribution in [0.1, 0.15) is 46.1 Å². The van der Waals surface area contributed by atoms with Crippen molar-refractivity contribution < 1.29 is 37.0 Å². The van der Waals surface area contributed by atoms with Gasteiger partial charge in [-0.05, 0) is 25.0 Å². The quantitative estimate of drug-likeness (QED) is 0.372. The molecule has 2 amide bonds. The predicted octanol–water partition coefficient (Wildman–Crippen LogP) is 3.70. The van der Waals surface area contributed by atoms with E-state index < -0.39 is 42.7 Å². The summed E-state index contributed by atoms with van der Waals surface area (Å²) in [5, 5.41) is 11.2. The van der Waals surface area contributed by atoms with E-state index in [4.69, 9.17) is 9.84 Å². The van der Waals surface area contributed by atoms with Crippen LogP contribution in [0, 0.1) is 6.92 Å². The number of benzene rings is 1. The van der Waals surface area contributed by atoms with Crippen LogP contribution < -0.4 is 15.4 Å². The van der Waals surface area contributed by atoms with Crippen LogP contribution in [-0.2, 0) is 9.59 Å². The molecule has 1 atom stereocenters. The number of halogens is 4. The topological polar surface area (TPSA) is 87.7 Å². The first kappa shape index (κ1) is 30.8. The summed E-state index contributed by atoms with van der Waals surface area (Å²) in [6, 6.07) is 6.92. The fourth-order valence-corrected chi connectivity index (χ4v) is 2.02. The third-order valence-corrected chi connectivity index (χ3v) is 3.86. The van der Waals surface area contributed by atoms with Crippen LogP contribution in [0.25, 0.3) is 0 Å². The zero-order valence-electron chi connectivity index (χ0n) is 18.9. The van der Waals surface area contributed by atoms with Crippen molar-refractivity contribution >= 4 is 11.8 Å². The summed E-state index contributed by atoms with van der Waals surface area (Å²) in [4.78, 5) is 23.4. The van der Waals surface area contributed by atoms with E-state index in [0.717, 1.165) is 12.7 Å². The summed E-state index contributed by atoms with van der Waals surface area (Å²) in [5.74, 6) is -9.79. The number of amides is 2. The number of aryl methyl sites for hydroxylation is 1. The molecule has 180 valence electrons. The number of ether oxygens (including phenoxy) is 1. The Bertz CT molecular complexity index is 653. The van der Waals surface area contributed by atoms with Gasteiger partial charge in [-0.2, -0.15) is 8.78 Å². The molecule has 0 aliphatic rings. The summed E-state index contributed by atoms with van der Waals surface area (Å²) in [6.45, 7) is 6.35. The Balaban J connectivity index is 0. The largest absolute Gasteiger partial charge is 0.491 e. The first-order valence-electron chi connectivity index (χ1n) is 9.91. The van der Waals surface area contributed by atoms with E-state index in [2.05, 4.69) is 5.32 Å². The summed E-state index contributed by atoms with van der Waals surface area (Å²) < 4.78 is 57.2. The van der Waals surface area contributed by atoms with E-state index in [-0.39, 0.29) is 13.5 Å². The molecule has 0 aliphatic heterocycles. The molecule has 0 unspecified atom stereocenters. The predicted molar refractivity (Wildman–Crippen MR) is 112 cm³/mol. The third kappa shape index (κ3) is 12.2. The van der Waals surface area contributed by atoms with Gasteiger partial charge in [0.05, 0.1) is 12.6 Å². The van der Waals surface area contributed by atoms with Crippen LogP contribution in [0.4, 0.5) is 17.6 Å². The van der Waals surface area contributed by atoms with Crippen LogP contribution >= 0.6 is 0 Å². The van der Waals surface area contributed by atoms with Gasteiger partial charge in [0.25, 0.3) is 0 Å². The van der Waals surface area contributed by atoms with Crippen molar-refractivity contribution in [1.82, 2.24) is 10.6 Å². The molecule has 6 nitrogen and oxygen atoms in total. The highest BCUT2D eigenvalue weighted by molar-refractivity contribution is 5.97. The zero-order chi connectivity index (χ0) is 24.7. The third-order valence-electron chi connectivity index (χ3n) is 3.86. The maximum atomic E-state index is 13.1. The molecule has 0 saturated heterocycles. The molecule has 10 heteroatoms. The van der Waals surface area contributed by atoms with E-state index in [0.29, 0.717) is 12.2 Å². The number of aliphatic hydroxyl groups is 1. The van der Waals surface area contributed by atoms with Crippen LogP contribution in [0.2, 0.25) is 0 Å². The number of hydrogen-bond donors (Lipinski definition) is 3. The molecule has 0 bridgehead atoms. The van der Waals surface area contributed by atoms with Gasteiger partial charge in [-0.25, -0.2) is 8.78 Å². The molecule has 1 aromatic carbocycles. The average Bonchev–Trinajstić information content (AvgIpc) is 2.72. The maximum Gasteiger partial charge on any atom is 0.326 e. The Hall–Kier alpha value is -2.36. The van der Waals surface area contributed by atoms with Crippen molar-refractivity contribution in [3.05, 3.63) is 29.8 Å². The summed E-state index contributed by atoms with van der Waals surface area (Å²) in [7, 11) is 1.00. The Morgan fingerprint density at radius 1 is 1.10 bits per heavy atom. The van der Waals surface area contributed by atoms with Crippen molar-refractivity contribution in [2.75, 3.05) is 20.3 Å². The molecule has 0 aliphatic carbocycles. The molecular formula is C21H34F4N2O4. The van der Waals surface area contributed by atoms with Crippen LogP contribution in [0.3, 0.4) is 0 Å². The summed E-state index contributed by atoms with van der Waals surface area (Å²) in [5.41, 5.74) is 0.923. The molecule has 0 aromatic heterocycles. The molecular weight excluding hydrogens is 420 g/mol. The number of alkyl halides is 4. The van der Waals surface area contributed by atoms with E-state index in [1.807, 2.05) is 39.0 Å². The minimum atomic E-state index is -4.40. The van der Waals surface area contributed by atoms with Crippen LogP contribution in [0.15, 0.2) is 24.3 Å². The van der Waals surface area contributed by atoms with E-state index >= 15 is 0 Å². The zero-order valence-corrected chi connectivity index (χ0v) is 18.9. The molecule has 0 spiro atoms. The van der Waals surface area contributed by atoms with Crippen molar-refractivity contribution in [3.8, 4) is 5.75 Å². The molecule has 1 aromatic rings. The molecule has 0 radical (unpaired) electrons. The lowest BCUT2D eigenvalue weighted by Gasteiger charge is -2.23. The number of carbonyl (C=O) groups excluding carboxylic acids is 2. The van der Waals surface area contributed by atoms with Crippen molar-refractivity contribution in [3.63, 3.8) is 0 Å². The van der Waals surface area contributed by atoms with Gasteiger partial charge in [-0.1, -0.05) is 39.0 Å².